The maximum Gasteiger partial charge on any atom is 0.416 e. The van der Waals surface area contributed by atoms with Gasteiger partial charge in [0, 0.05) is 0 Å². The molecule has 2 atom stereocenters. The molecule has 2 N–H and O–H groups in total. The normalized spacial score (nSPS) is 14.9. The molecule has 0 radical (unpaired) electrons. The standard InChI is InChI=1S/C18H17F6NO/c1-11(26-10-16(25)12-5-3-2-4-6-12)13-7-14(17(19,20)21)9-15(8-13)18(22,23)24/h2-9,11,16H,10,25H2,1H3/t11?,16-/m1/s1. The number of benzene rings is 2. The van der Waals surface area contributed by atoms with Gasteiger partial charge in [-0.25, -0.2) is 0 Å². The fourth-order valence-corrected chi connectivity index (χ4v) is 2.35. The van der Waals surface area contributed by atoms with E-state index >= 15 is 0 Å². The molecule has 26 heavy (non-hydrogen) atoms. The quantitative estimate of drug-likeness (QED) is 0.698. The van der Waals surface area contributed by atoms with Crippen LogP contribution < -0.4 is 5.73 Å². The first-order chi connectivity index (χ1) is 12.0. The minimum Gasteiger partial charge on any atom is -0.372 e. The van der Waals surface area contributed by atoms with E-state index in [-0.39, 0.29) is 18.2 Å². The number of rotatable bonds is 5. The monoisotopic (exact) mass is 377 g/mol. The van der Waals surface area contributed by atoms with E-state index in [2.05, 4.69) is 0 Å². The second-order valence-corrected chi connectivity index (χ2v) is 5.83. The van der Waals surface area contributed by atoms with Gasteiger partial charge in [0.05, 0.1) is 29.9 Å². The maximum absolute atomic E-state index is 12.9. The van der Waals surface area contributed by atoms with E-state index in [4.69, 9.17) is 10.5 Å². The molecule has 0 aliphatic rings. The highest BCUT2D eigenvalue weighted by Crippen LogP contribution is 2.38. The fourth-order valence-electron chi connectivity index (χ4n) is 2.35. The van der Waals surface area contributed by atoms with Crippen LogP contribution in [-0.2, 0) is 17.1 Å². The number of hydrogen-bond acceptors (Lipinski definition) is 2. The molecule has 0 heterocycles. The molecule has 0 aliphatic heterocycles. The van der Waals surface area contributed by atoms with Crippen LogP contribution in [0.5, 0.6) is 0 Å². The summed E-state index contributed by atoms with van der Waals surface area (Å²) >= 11 is 0. The predicted molar refractivity (Wildman–Crippen MR) is 84.2 cm³/mol. The van der Waals surface area contributed by atoms with Gasteiger partial charge in [-0.1, -0.05) is 30.3 Å². The number of nitrogens with two attached hydrogens (primary N) is 1. The Hall–Kier alpha value is -2.06. The molecule has 8 heteroatoms. The Balaban J connectivity index is 2.20. The van der Waals surface area contributed by atoms with Gasteiger partial charge in [0.2, 0.25) is 0 Å². The van der Waals surface area contributed by atoms with Crippen molar-refractivity contribution in [1.29, 1.82) is 0 Å². The molecule has 0 fully saturated rings. The first-order valence-corrected chi connectivity index (χ1v) is 7.70. The smallest absolute Gasteiger partial charge is 0.372 e. The van der Waals surface area contributed by atoms with Crippen molar-refractivity contribution in [3.05, 3.63) is 70.8 Å². The van der Waals surface area contributed by atoms with Crippen LogP contribution in [0.4, 0.5) is 26.3 Å². The highest BCUT2D eigenvalue weighted by Gasteiger charge is 2.37. The lowest BCUT2D eigenvalue weighted by Gasteiger charge is -2.20. The molecule has 2 aromatic rings. The number of hydrogen-bond donors (Lipinski definition) is 1. The SMILES string of the molecule is CC(OC[C@@H](N)c1ccccc1)c1cc(C(F)(F)F)cc(C(F)(F)F)c1. The Morgan fingerprint density at radius 3 is 1.81 bits per heavy atom. The van der Waals surface area contributed by atoms with Crippen LogP contribution in [0.15, 0.2) is 48.5 Å². The maximum atomic E-state index is 12.9. The highest BCUT2D eigenvalue weighted by atomic mass is 19.4. The minimum atomic E-state index is -4.89. The van der Waals surface area contributed by atoms with Crippen LogP contribution in [0.3, 0.4) is 0 Å². The van der Waals surface area contributed by atoms with E-state index in [0.29, 0.717) is 12.1 Å². The topological polar surface area (TPSA) is 35.2 Å². The first-order valence-electron chi connectivity index (χ1n) is 7.70. The van der Waals surface area contributed by atoms with Crippen molar-refractivity contribution in [2.45, 2.75) is 31.4 Å². The molecule has 0 amide bonds. The van der Waals surface area contributed by atoms with E-state index in [9.17, 15) is 26.3 Å². The highest BCUT2D eigenvalue weighted by molar-refractivity contribution is 5.34. The second-order valence-electron chi connectivity index (χ2n) is 5.83. The van der Waals surface area contributed by atoms with Gasteiger partial charge in [0.25, 0.3) is 0 Å². The van der Waals surface area contributed by atoms with Gasteiger partial charge < -0.3 is 10.5 Å². The summed E-state index contributed by atoms with van der Waals surface area (Å²) < 4.78 is 82.9. The lowest BCUT2D eigenvalue weighted by Crippen LogP contribution is -2.19. The van der Waals surface area contributed by atoms with Gasteiger partial charge in [-0.3, -0.25) is 0 Å². The summed E-state index contributed by atoms with van der Waals surface area (Å²) in [5.41, 5.74) is 3.73. The van der Waals surface area contributed by atoms with Gasteiger partial charge in [-0.05, 0) is 36.2 Å². The van der Waals surface area contributed by atoms with E-state index in [1.165, 1.54) is 6.92 Å². The number of halogens is 6. The van der Waals surface area contributed by atoms with Crippen molar-refractivity contribution in [3.63, 3.8) is 0 Å². The van der Waals surface area contributed by atoms with Crippen molar-refractivity contribution in [2.75, 3.05) is 6.61 Å². The van der Waals surface area contributed by atoms with Crippen LogP contribution in [0.25, 0.3) is 0 Å². The Morgan fingerprint density at radius 1 is 0.846 bits per heavy atom. The molecule has 0 aliphatic carbocycles. The molecule has 0 spiro atoms. The van der Waals surface area contributed by atoms with Gasteiger partial charge in [-0.2, -0.15) is 26.3 Å². The molecule has 142 valence electrons. The van der Waals surface area contributed by atoms with Crippen molar-refractivity contribution < 1.29 is 31.1 Å². The third-order valence-corrected chi connectivity index (χ3v) is 3.83. The van der Waals surface area contributed by atoms with Crippen molar-refractivity contribution in [3.8, 4) is 0 Å². The summed E-state index contributed by atoms with van der Waals surface area (Å²) in [7, 11) is 0. The summed E-state index contributed by atoms with van der Waals surface area (Å²) in [5, 5.41) is 0. The molecule has 1 unspecified atom stereocenters. The molecular weight excluding hydrogens is 360 g/mol. The van der Waals surface area contributed by atoms with Crippen molar-refractivity contribution >= 4 is 0 Å². The van der Waals surface area contributed by atoms with Gasteiger partial charge in [-0.15, -0.1) is 0 Å². The van der Waals surface area contributed by atoms with E-state index < -0.39 is 35.6 Å². The van der Waals surface area contributed by atoms with Gasteiger partial charge in [0.15, 0.2) is 0 Å². The molecular formula is C18H17F6NO. The van der Waals surface area contributed by atoms with E-state index in [0.717, 1.165) is 5.56 Å². The van der Waals surface area contributed by atoms with Crippen molar-refractivity contribution in [2.24, 2.45) is 5.73 Å². The zero-order chi connectivity index (χ0) is 19.5. The average Bonchev–Trinajstić information content (AvgIpc) is 2.58. The first kappa shape index (κ1) is 20.3. The summed E-state index contributed by atoms with van der Waals surface area (Å²) in [6.45, 7) is 1.33. The molecule has 0 saturated heterocycles. The number of alkyl halides is 6. The second kappa shape index (κ2) is 7.67. The molecule has 2 nitrogen and oxygen atoms in total. The largest absolute Gasteiger partial charge is 0.416 e. The molecule has 2 rings (SSSR count). The zero-order valence-electron chi connectivity index (χ0n) is 13.7. The third-order valence-electron chi connectivity index (χ3n) is 3.83. The van der Waals surface area contributed by atoms with Gasteiger partial charge in [0.1, 0.15) is 0 Å². The molecule has 0 bridgehead atoms. The fraction of sp³-hybridized carbons (Fsp3) is 0.333. The average molecular weight is 377 g/mol. The number of ether oxygens (including phenoxy) is 1. The third kappa shape index (κ3) is 5.22. The van der Waals surface area contributed by atoms with Crippen molar-refractivity contribution in [1.82, 2.24) is 0 Å². The summed E-state index contributed by atoms with van der Waals surface area (Å²) in [6, 6.07) is 9.69. The van der Waals surface area contributed by atoms with Gasteiger partial charge >= 0.3 is 12.4 Å². The Kier molecular flexibility index (Phi) is 5.98. The lowest BCUT2D eigenvalue weighted by atomic mass is 10.0. The Bertz CT molecular complexity index is 694. The summed E-state index contributed by atoms with van der Waals surface area (Å²) in [5.74, 6) is 0. The van der Waals surface area contributed by atoms with Crippen LogP contribution in [0, 0.1) is 0 Å². The predicted octanol–water partition coefficient (Wildman–Crippen LogP) is 5.50. The Morgan fingerprint density at radius 2 is 1.35 bits per heavy atom. The molecule has 2 aromatic carbocycles. The van der Waals surface area contributed by atoms with Crippen LogP contribution in [0.1, 0.15) is 41.3 Å². The molecule has 0 aromatic heterocycles. The van der Waals surface area contributed by atoms with Crippen LogP contribution in [-0.4, -0.2) is 6.61 Å². The van der Waals surface area contributed by atoms with E-state index in [1.54, 1.807) is 30.3 Å². The minimum absolute atomic E-state index is 0.0528. The summed E-state index contributed by atoms with van der Waals surface area (Å²) in [4.78, 5) is 0. The van der Waals surface area contributed by atoms with E-state index in [1.807, 2.05) is 0 Å². The lowest BCUT2D eigenvalue weighted by molar-refractivity contribution is -0.143. The van der Waals surface area contributed by atoms with Crippen LogP contribution in [0.2, 0.25) is 0 Å². The molecule has 0 saturated carbocycles. The Labute approximate surface area is 146 Å². The zero-order valence-corrected chi connectivity index (χ0v) is 13.7. The van der Waals surface area contributed by atoms with Crippen LogP contribution >= 0.6 is 0 Å². The summed E-state index contributed by atoms with van der Waals surface area (Å²) in [6.07, 6.45) is -10.8.